The largest absolute Gasteiger partial charge is 0.366 e. The first kappa shape index (κ1) is 25.7. The van der Waals surface area contributed by atoms with Crippen LogP contribution in [-0.2, 0) is 16.6 Å². The van der Waals surface area contributed by atoms with Crippen LogP contribution in [0.5, 0.6) is 0 Å². The lowest BCUT2D eigenvalue weighted by atomic mass is 10.2. The second-order valence-corrected chi connectivity index (χ2v) is 10.9. The molecule has 2 N–H and O–H groups in total. The summed E-state index contributed by atoms with van der Waals surface area (Å²) < 4.78 is 43.3. The molecule has 0 bridgehead atoms. The van der Waals surface area contributed by atoms with Gasteiger partial charge in [-0.1, -0.05) is 35.9 Å². The van der Waals surface area contributed by atoms with Crippen molar-refractivity contribution in [3.8, 4) is 0 Å². The minimum absolute atomic E-state index is 0.0390. The number of carbonyl (C=O) groups excluding carboxylic acids is 2. The van der Waals surface area contributed by atoms with Gasteiger partial charge in [-0.25, -0.2) is 12.8 Å². The van der Waals surface area contributed by atoms with Crippen LogP contribution >= 0.6 is 0 Å². The molecule has 3 aromatic rings. The van der Waals surface area contributed by atoms with Crippen molar-refractivity contribution in [1.29, 1.82) is 0 Å². The predicted molar refractivity (Wildman–Crippen MR) is 134 cm³/mol. The van der Waals surface area contributed by atoms with Crippen molar-refractivity contribution in [2.24, 2.45) is 5.73 Å². The molecule has 4 rings (SSSR count). The Kier molecular flexibility index (Phi) is 7.39. The summed E-state index contributed by atoms with van der Waals surface area (Å²) in [5.74, 6) is -1.32. The quantitative estimate of drug-likeness (QED) is 0.467. The topological polar surface area (TPSA) is 106 Å². The minimum Gasteiger partial charge on any atom is -0.366 e. The Morgan fingerprint density at radius 3 is 2.22 bits per heavy atom. The molecule has 2 aromatic carbocycles. The van der Waals surface area contributed by atoms with E-state index in [0.29, 0.717) is 24.3 Å². The maximum atomic E-state index is 14.3. The predicted octanol–water partition coefficient (Wildman–Crippen LogP) is 2.58. The third-order valence-corrected chi connectivity index (χ3v) is 8.47. The minimum atomic E-state index is -3.61. The number of nitrogens with two attached hydrogens (primary N) is 1. The Balaban J connectivity index is 1.48. The summed E-state index contributed by atoms with van der Waals surface area (Å²) in [6.45, 7) is 4.96. The maximum Gasteiger partial charge on any atom is 0.250 e. The van der Waals surface area contributed by atoms with E-state index < -0.39 is 21.7 Å². The van der Waals surface area contributed by atoms with Crippen molar-refractivity contribution in [3.05, 3.63) is 88.5 Å². The number of Topliss-reactive ketones (excluding diaryl/α,β-unsaturated/α-hetero) is 1. The first-order valence-electron chi connectivity index (χ1n) is 11.6. The maximum absolute atomic E-state index is 14.3. The molecule has 1 aromatic heterocycles. The molecule has 0 saturated carbocycles. The fraction of sp³-hybridized carbons (Fsp3) is 0.308. The average molecular weight is 513 g/mol. The molecular formula is C26H29FN4O4S. The van der Waals surface area contributed by atoms with Crippen LogP contribution in [0.2, 0.25) is 0 Å². The van der Waals surface area contributed by atoms with Gasteiger partial charge in [0.15, 0.2) is 5.78 Å². The van der Waals surface area contributed by atoms with Crippen molar-refractivity contribution in [2.45, 2.75) is 25.3 Å². The number of aromatic nitrogens is 1. The van der Waals surface area contributed by atoms with Gasteiger partial charge in [-0.3, -0.25) is 14.5 Å². The summed E-state index contributed by atoms with van der Waals surface area (Å²) in [6.07, 6.45) is 0. The monoisotopic (exact) mass is 512 g/mol. The lowest BCUT2D eigenvalue weighted by Gasteiger charge is -2.33. The fourth-order valence-corrected chi connectivity index (χ4v) is 5.82. The van der Waals surface area contributed by atoms with Gasteiger partial charge >= 0.3 is 0 Å². The lowest BCUT2D eigenvalue weighted by Crippen LogP contribution is -2.49. The van der Waals surface area contributed by atoms with Gasteiger partial charge < -0.3 is 10.3 Å². The number of primary amides is 1. The standard InChI is InChI=1S/C26H29FN4O4S/c1-18-7-9-21(10-8-18)36(34,35)30-13-11-29(12-14-30)17-25(32)24-15-22(26(28)33)19(2)31(24)16-20-5-3-4-6-23(20)27/h3-10,15H,11-14,16-17H2,1-2H3,(H2,28,33). The fourth-order valence-electron chi connectivity index (χ4n) is 4.40. The number of sulfonamides is 1. The number of ketones is 1. The van der Waals surface area contributed by atoms with E-state index in [1.54, 1.807) is 54.0 Å². The van der Waals surface area contributed by atoms with E-state index in [9.17, 15) is 22.4 Å². The van der Waals surface area contributed by atoms with Crippen LogP contribution in [0.1, 0.15) is 37.7 Å². The van der Waals surface area contributed by atoms with Crippen molar-refractivity contribution in [1.82, 2.24) is 13.8 Å². The number of hydrogen-bond donors (Lipinski definition) is 1. The third-order valence-electron chi connectivity index (χ3n) is 6.56. The normalized spacial score (nSPS) is 15.2. The van der Waals surface area contributed by atoms with Crippen LogP contribution in [0.3, 0.4) is 0 Å². The number of nitrogens with zero attached hydrogens (tertiary/aromatic N) is 3. The first-order chi connectivity index (χ1) is 17.1. The molecule has 190 valence electrons. The van der Waals surface area contributed by atoms with Gasteiger partial charge in [0.25, 0.3) is 5.91 Å². The van der Waals surface area contributed by atoms with Crippen LogP contribution in [0.15, 0.2) is 59.5 Å². The molecule has 10 heteroatoms. The summed E-state index contributed by atoms with van der Waals surface area (Å²) >= 11 is 0. The molecule has 1 aliphatic rings. The highest BCUT2D eigenvalue weighted by Gasteiger charge is 2.30. The second-order valence-electron chi connectivity index (χ2n) is 8.99. The number of hydrogen-bond acceptors (Lipinski definition) is 5. The average Bonchev–Trinajstić information content (AvgIpc) is 3.17. The number of carbonyl (C=O) groups is 2. The molecule has 0 radical (unpaired) electrons. The molecule has 1 saturated heterocycles. The highest BCUT2D eigenvalue weighted by molar-refractivity contribution is 7.89. The molecule has 0 spiro atoms. The number of benzene rings is 2. The van der Waals surface area contributed by atoms with Crippen molar-refractivity contribution >= 4 is 21.7 Å². The molecule has 0 atom stereocenters. The van der Waals surface area contributed by atoms with Crippen LogP contribution in [0.25, 0.3) is 0 Å². The van der Waals surface area contributed by atoms with Gasteiger partial charge in [0, 0.05) is 37.4 Å². The highest BCUT2D eigenvalue weighted by atomic mass is 32.2. The SMILES string of the molecule is Cc1ccc(S(=O)(=O)N2CCN(CC(=O)c3cc(C(N)=O)c(C)n3Cc3ccccc3F)CC2)cc1. The molecule has 1 aliphatic heterocycles. The van der Waals surface area contributed by atoms with Crippen LogP contribution < -0.4 is 5.73 Å². The molecule has 2 heterocycles. The van der Waals surface area contributed by atoms with Gasteiger partial charge in [0.05, 0.1) is 29.2 Å². The highest BCUT2D eigenvalue weighted by Crippen LogP contribution is 2.21. The van der Waals surface area contributed by atoms with Gasteiger partial charge in [-0.05, 0) is 38.1 Å². The number of amides is 1. The zero-order valence-corrected chi connectivity index (χ0v) is 21.1. The summed E-state index contributed by atoms with van der Waals surface area (Å²) in [5, 5.41) is 0. The summed E-state index contributed by atoms with van der Waals surface area (Å²) in [4.78, 5) is 27.4. The van der Waals surface area contributed by atoms with E-state index in [4.69, 9.17) is 5.73 Å². The molecule has 1 fully saturated rings. The zero-order chi connectivity index (χ0) is 26.0. The second kappa shape index (κ2) is 10.3. The first-order valence-corrected chi connectivity index (χ1v) is 13.1. The Hall–Kier alpha value is -3.34. The third kappa shape index (κ3) is 5.25. The number of aryl methyl sites for hydroxylation is 1. The van der Waals surface area contributed by atoms with Gasteiger partial charge in [-0.15, -0.1) is 0 Å². The summed E-state index contributed by atoms with van der Waals surface area (Å²) in [6, 6.07) is 14.4. The van der Waals surface area contributed by atoms with Crippen LogP contribution in [-0.4, -0.2) is 66.6 Å². The van der Waals surface area contributed by atoms with Crippen molar-refractivity contribution in [3.63, 3.8) is 0 Å². The molecular weight excluding hydrogens is 483 g/mol. The zero-order valence-electron chi connectivity index (χ0n) is 20.3. The molecule has 1 amide bonds. The Morgan fingerprint density at radius 2 is 1.61 bits per heavy atom. The van der Waals surface area contributed by atoms with Crippen molar-refractivity contribution < 1.29 is 22.4 Å². The molecule has 8 nitrogen and oxygen atoms in total. The molecule has 36 heavy (non-hydrogen) atoms. The summed E-state index contributed by atoms with van der Waals surface area (Å²) in [5.41, 5.74) is 7.83. The van der Waals surface area contributed by atoms with Crippen LogP contribution in [0, 0.1) is 19.7 Å². The van der Waals surface area contributed by atoms with E-state index in [-0.39, 0.29) is 48.1 Å². The van der Waals surface area contributed by atoms with E-state index in [1.165, 1.54) is 16.4 Å². The van der Waals surface area contributed by atoms with E-state index in [0.717, 1.165) is 5.56 Å². The Morgan fingerprint density at radius 1 is 0.972 bits per heavy atom. The smallest absolute Gasteiger partial charge is 0.250 e. The Labute approximate surface area is 210 Å². The van der Waals surface area contributed by atoms with E-state index in [2.05, 4.69) is 0 Å². The van der Waals surface area contributed by atoms with Crippen LogP contribution in [0.4, 0.5) is 4.39 Å². The molecule has 0 unspecified atom stereocenters. The molecule has 0 aliphatic carbocycles. The van der Waals surface area contributed by atoms with Gasteiger partial charge in [-0.2, -0.15) is 4.31 Å². The van der Waals surface area contributed by atoms with E-state index >= 15 is 0 Å². The number of rotatable bonds is 8. The van der Waals surface area contributed by atoms with Crippen molar-refractivity contribution in [2.75, 3.05) is 32.7 Å². The number of halogens is 1. The summed E-state index contributed by atoms with van der Waals surface area (Å²) in [7, 11) is -3.61. The van der Waals surface area contributed by atoms with Gasteiger partial charge in [0.2, 0.25) is 10.0 Å². The Bertz CT molecular complexity index is 1390. The van der Waals surface area contributed by atoms with Gasteiger partial charge in [0.1, 0.15) is 5.82 Å². The van der Waals surface area contributed by atoms with E-state index in [1.807, 2.05) is 11.8 Å². The number of piperazine rings is 1. The lowest BCUT2D eigenvalue weighted by molar-refractivity contribution is 0.0892.